The molecule has 0 saturated heterocycles. The van der Waals surface area contributed by atoms with Crippen molar-refractivity contribution in [3.05, 3.63) is 35.6 Å². The van der Waals surface area contributed by atoms with E-state index in [4.69, 9.17) is 0 Å². The van der Waals surface area contributed by atoms with E-state index in [1.165, 1.54) is 18.2 Å². The normalized spacial score (nSPS) is 16.1. The van der Waals surface area contributed by atoms with Crippen molar-refractivity contribution in [2.24, 2.45) is 0 Å². The first-order valence-corrected chi connectivity index (χ1v) is 6.50. The minimum absolute atomic E-state index is 0.101. The second-order valence-electron chi connectivity index (χ2n) is 5.03. The number of aliphatic hydroxyl groups is 1. The molecule has 1 aliphatic carbocycles. The number of benzene rings is 1. The van der Waals surface area contributed by atoms with Gasteiger partial charge in [0.1, 0.15) is 5.82 Å². The highest BCUT2D eigenvalue weighted by Gasteiger charge is 2.37. The van der Waals surface area contributed by atoms with Gasteiger partial charge in [-0.15, -0.1) is 0 Å². The van der Waals surface area contributed by atoms with E-state index < -0.39 is 17.3 Å². The number of carbonyl (C=O) groups is 2. The Morgan fingerprint density at radius 3 is 2.65 bits per heavy atom. The van der Waals surface area contributed by atoms with E-state index in [0.29, 0.717) is 0 Å². The van der Waals surface area contributed by atoms with Gasteiger partial charge in [0, 0.05) is 5.56 Å². The van der Waals surface area contributed by atoms with Crippen LogP contribution in [0.4, 0.5) is 4.39 Å². The zero-order chi connectivity index (χ0) is 14.6. The maximum atomic E-state index is 13.0. The lowest BCUT2D eigenvalue weighted by Gasteiger charge is -2.40. The second-order valence-corrected chi connectivity index (χ2v) is 5.03. The van der Waals surface area contributed by atoms with Gasteiger partial charge in [0.2, 0.25) is 5.91 Å². The van der Waals surface area contributed by atoms with Crippen LogP contribution in [-0.2, 0) is 4.79 Å². The van der Waals surface area contributed by atoms with Crippen molar-refractivity contribution in [2.75, 3.05) is 13.2 Å². The summed E-state index contributed by atoms with van der Waals surface area (Å²) in [6.07, 6.45) is 2.46. The van der Waals surface area contributed by atoms with Gasteiger partial charge in [-0.2, -0.15) is 0 Å². The highest BCUT2D eigenvalue weighted by atomic mass is 19.1. The number of halogens is 1. The molecule has 0 spiro atoms. The molecule has 0 unspecified atom stereocenters. The maximum Gasteiger partial charge on any atom is 0.251 e. The van der Waals surface area contributed by atoms with Crippen LogP contribution in [0.2, 0.25) is 0 Å². The molecule has 2 rings (SSSR count). The van der Waals surface area contributed by atoms with Crippen LogP contribution >= 0.6 is 0 Å². The van der Waals surface area contributed by atoms with Crippen LogP contribution in [0.5, 0.6) is 0 Å². The summed E-state index contributed by atoms with van der Waals surface area (Å²) >= 11 is 0. The predicted molar refractivity (Wildman–Crippen MR) is 70.5 cm³/mol. The topological polar surface area (TPSA) is 78.4 Å². The fraction of sp³-hybridized carbons (Fsp3) is 0.429. The highest BCUT2D eigenvalue weighted by molar-refractivity contribution is 5.96. The smallest absolute Gasteiger partial charge is 0.251 e. The Hall–Kier alpha value is -1.95. The third-order valence-corrected chi connectivity index (χ3v) is 3.51. The van der Waals surface area contributed by atoms with Crippen LogP contribution in [0, 0.1) is 5.82 Å². The summed E-state index contributed by atoms with van der Waals surface area (Å²) in [5.41, 5.74) is -0.362. The summed E-state index contributed by atoms with van der Waals surface area (Å²) in [5, 5.41) is 14.4. The third kappa shape index (κ3) is 3.33. The van der Waals surface area contributed by atoms with Gasteiger partial charge in [0.15, 0.2) is 0 Å². The van der Waals surface area contributed by atoms with Crippen LogP contribution in [-0.4, -0.2) is 35.6 Å². The molecule has 0 radical (unpaired) electrons. The number of rotatable bonds is 5. The zero-order valence-corrected chi connectivity index (χ0v) is 11.0. The molecule has 6 heteroatoms. The molecule has 0 aromatic heterocycles. The lowest BCUT2D eigenvalue weighted by atomic mass is 9.77. The lowest BCUT2D eigenvalue weighted by Crippen LogP contribution is -2.57. The quantitative estimate of drug-likeness (QED) is 0.738. The molecule has 0 bridgehead atoms. The van der Waals surface area contributed by atoms with E-state index >= 15 is 0 Å². The number of nitrogens with one attached hydrogen (secondary N) is 2. The standard InChI is InChI=1S/C14H17FN2O3/c15-11-4-1-3-10(7-11)13(20)16-8-12(19)17-14(9-18)5-2-6-14/h1,3-4,7,18H,2,5-6,8-9H2,(H,16,20)(H,17,19). The number of aliphatic hydroxyl groups excluding tert-OH is 1. The monoisotopic (exact) mass is 280 g/mol. The summed E-state index contributed by atoms with van der Waals surface area (Å²) in [5.74, 6) is -1.37. The largest absolute Gasteiger partial charge is 0.394 e. The van der Waals surface area contributed by atoms with Crippen molar-refractivity contribution in [3.63, 3.8) is 0 Å². The average Bonchev–Trinajstić information content (AvgIpc) is 2.40. The summed E-state index contributed by atoms with van der Waals surface area (Å²) in [6, 6.07) is 5.25. The molecule has 1 fully saturated rings. The second kappa shape index (κ2) is 6.00. The molecular weight excluding hydrogens is 263 g/mol. The van der Waals surface area contributed by atoms with Crippen molar-refractivity contribution in [1.82, 2.24) is 10.6 Å². The Kier molecular flexibility index (Phi) is 4.34. The van der Waals surface area contributed by atoms with E-state index in [2.05, 4.69) is 10.6 Å². The third-order valence-electron chi connectivity index (χ3n) is 3.51. The summed E-state index contributed by atoms with van der Waals surface area (Å²) < 4.78 is 13.0. The molecular formula is C14H17FN2O3. The first-order valence-electron chi connectivity index (χ1n) is 6.50. The van der Waals surface area contributed by atoms with Crippen molar-refractivity contribution < 1.29 is 19.1 Å². The molecule has 1 aromatic rings. The van der Waals surface area contributed by atoms with Crippen LogP contribution < -0.4 is 10.6 Å². The number of amides is 2. The Balaban J connectivity index is 1.83. The van der Waals surface area contributed by atoms with Gasteiger partial charge in [0.25, 0.3) is 5.91 Å². The minimum Gasteiger partial charge on any atom is -0.394 e. The Bertz CT molecular complexity index is 509. The van der Waals surface area contributed by atoms with Gasteiger partial charge >= 0.3 is 0 Å². The Morgan fingerprint density at radius 2 is 2.10 bits per heavy atom. The zero-order valence-electron chi connectivity index (χ0n) is 11.0. The van der Waals surface area contributed by atoms with Crippen molar-refractivity contribution >= 4 is 11.8 Å². The molecule has 20 heavy (non-hydrogen) atoms. The first kappa shape index (κ1) is 14.5. The maximum absolute atomic E-state index is 13.0. The summed E-state index contributed by atoms with van der Waals surface area (Å²) in [6.45, 7) is -0.298. The van der Waals surface area contributed by atoms with Gasteiger partial charge in [-0.25, -0.2) is 4.39 Å². The van der Waals surface area contributed by atoms with Crippen LogP contribution in [0.1, 0.15) is 29.6 Å². The molecule has 1 aromatic carbocycles. The molecule has 0 atom stereocenters. The molecule has 2 amide bonds. The van der Waals surface area contributed by atoms with Crippen molar-refractivity contribution in [3.8, 4) is 0 Å². The Morgan fingerprint density at radius 1 is 1.35 bits per heavy atom. The molecule has 108 valence electrons. The van der Waals surface area contributed by atoms with Crippen molar-refractivity contribution in [1.29, 1.82) is 0 Å². The Labute approximate surface area is 116 Å². The van der Waals surface area contributed by atoms with E-state index in [9.17, 15) is 19.1 Å². The SMILES string of the molecule is O=C(CNC(=O)c1cccc(F)c1)NC1(CO)CCC1. The van der Waals surface area contributed by atoms with Gasteiger partial charge in [-0.3, -0.25) is 9.59 Å². The van der Waals surface area contributed by atoms with Gasteiger partial charge in [0.05, 0.1) is 18.7 Å². The fourth-order valence-corrected chi connectivity index (χ4v) is 2.16. The van der Waals surface area contributed by atoms with Crippen LogP contribution in [0.15, 0.2) is 24.3 Å². The van der Waals surface area contributed by atoms with Crippen LogP contribution in [0.25, 0.3) is 0 Å². The molecule has 3 N–H and O–H groups in total. The average molecular weight is 280 g/mol. The molecule has 1 aliphatic rings. The van der Waals surface area contributed by atoms with E-state index in [1.54, 1.807) is 0 Å². The van der Waals surface area contributed by atoms with E-state index in [0.717, 1.165) is 25.3 Å². The summed E-state index contributed by atoms with van der Waals surface area (Å²) in [4.78, 5) is 23.4. The predicted octanol–water partition coefficient (Wildman–Crippen LogP) is 0.587. The van der Waals surface area contributed by atoms with Crippen molar-refractivity contribution in [2.45, 2.75) is 24.8 Å². The molecule has 0 aliphatic heterocycles. The molecule has 1 saturated carbocycles. The lowest BCUT2D eigenvalue weighted by molar-refractivity contribution is -0.124. The number of carbonyl (C=O) groups excluding carboxylic acids is 2. The minimum atomic E-state index is -0.527. The van der Waals surface area contributed by atoms with Crippen LogP contribution in [0.3, 0.4) is 0 Å². The summed E-state index contributed by atoms with van der Waals surface area (Å²) in [7, 11) is 0. The van der Waals surface area contributed by atoms with Gasteiger partial charge < -0.3 is 15.7 Å². The fourth-order valence-electron chi connectivity index (χ4n) is 2.16. The van der Waals surface area contributed by atoms with Gasteiger partial charge in [-0.1, -0.05) is 6.07 Å². The number of hydrogen-bond acceptors (Lipinski definition) is 3. The molecule has 5 nitrogen and oxygen atoms in total. The van der Waals surface area contributed by atoms with Gasteiger partial charge in [-0.05, 0) is 37.5 Å². The number of hydrogen-bond donors (Lipinski definition) is 3. The molecule has 0 heterocycles. The van der Waals surface area contributed by atoms with E-state index in [1.807, 2.05) is 0 Å². The van der Waals surface area contributed by atoms with E-state index in [-0.39, 0.29) is 24.6 Å². The highest BCUT2D eigenvalue weighted by Crippen LogP contribution is 2.30. The first-order chi connectivity index (χ1) is 9.54.